The van der Waals surface area contributed by atoms with Crippen LogP contribution in [-0.2, 0) is 27.2 Å². The Morgan fingerprint density at radius 3 is 2.33 bits per heavy atom. The van der Waals surface area contributed by atoms with Gasteiger partial charge in [-0.15, -0.1) is 0 Å². The van der Waals surface area contributed by atoms with Gasteiger partial charge < -0.3 is 20.4 Å². The second-order valence-corrected chi connectivity index (χ2v) is 12.9. The van der Waals surface area contributed by atoms with E-state index in [0.29, 0.717) is 5.56 Å². The lowest BCUT2D eigenvalue weighted by Gasteiger charge is -2.59. The molecule has 42 heavy (non-hydrogen) atoms. The highest BCUT2D eigenvalue weighted by atomic mass is 16.3. The summed E-state index contributed by atoms with van der Waals surface area (Å²) < 4.78 is 0. The Morgan fingerprint density at radius 1 is 1.10 bits per heavy atom. The minimum absolute atomic E-state index is 0.0489. The molecule has 0 bridgehead atoms. The Hall–Kier alpha value is -3.97. The van der Waals surface area contributed by atoms with Gasteiger partial charge in [0.25, 0.3) is 0 Å². The average Bonchev–Trinajstić information content (AvgIpc) is 2.90. The number of Topliss-reactive ketones (excluding diaryl/α,β-unsaturated/α-hetero) is 3. The first-order valence-electron chi connectivity index (χ1n) is 14.4. The van der Waals surface area contributed by atoms with Crippen LogP contribution >= 0.6 is 0 Å². The smallest absolute Gasteiger partial charge is 0.203 e. The maximum atomic E-state index is 14.5. The summed E-state index contributed by atoms with van der Waals surface area (Å²) in [6.07, 6.45) is 2.74. The molecule has 3 aliphatic rings. The van der Waals surface area contributed by atoms with Gasteiger partial charge in [-0.2, -0.15) is 0 Å². The van der Waals surface area contributed by atoms with Crippen molar-refractivity contribution >= 4 is 29.2 Å². The van der Waals surface area contributed by atoms with Crippen LogP contribution < -0.4 is 0 Å². The first-order valence-corrected chi connectivity index (χ1v) is 14.4. The highest BCUT2D eigenvalue weighted by Gasteiger charge is 2.72. The predicted molar refractivity (Wildman–Crippen MR) is 161 cm³/mol. The molecule has 0 radical (unpaired) electrons. The molecule has 0 saturated heterocycles. The van der Waals surface area contributed by atoms with Crippen LogP contribution in [0.1, 0.15) is 70.2 Å². The number of aliphatic hydroxyl groups is 3. The summed E-state index contributed by atoms with van der Waals surface area (Å²) in [5.41, 5.74) is -1.53. The van der Waals surface area contributed by atoms with E-state index in [2.05, 4.69) is 6.58 Å². The molecule has 4 N–H and O–H groups in total. The van der Waals surface area contributed by atoms with E-state index in [-0.39, 0.29) is 35.6 Å². The molecular formula is C35H38O7. The van der Waals surface area contributed by atoms with Crippen molar-refractivity contribution in [2.24, 2.45) is 22.7 Å². The molecule has 5 rings (SSSR count). The molecule has 2 aromatic carbocycles. The fourth-order valence-corrected chi connectivity index (χ4v) is 8.25. The monoisotopic (exact) mass is 570 g/mol. The van der Waals surface area contributed by atoms with Crippen LogP contribution in [-0.4, -0.2) is 43.4 Å². The number of aliphatic hydroxyl groups excluding tert-OH is 2. The van der Waals surface area contributed by atoms with Gasteiger partial charge in [0, 0.05) is 22.3 Å². The van der Waals surface area contributed by atoms with Crippen molar-refractivity contribution in [1.29, 1.82) is 0 Å². The summed E-state index contributed by atoms with van der Waals surface area (Å²) in [5.74, 6) is -5.32. The van der Waals surface area contributed by atoms with E-state index in [9.17, 15) is 34.8 Å². The van der Waals surface area contributed by atoms with E-state index >= 15 is 0 Å². The highest BCUT2D eigenvalue weighted by molar-refractivity contribution is 6.24. The third kappa shape index (κ3) is 3.65. The van der Waals surface area contributed by atoms with Crippen LogP contribution in [0.5, 0.6) is 5.75 Å². The van der Waals surface area contributed by atoms with E-state index in [1.807, 2.05) is 32.0 Å². The van der Waals surface area contributed by atoms with Crippen molar-refractivity contribution in [3.05, 3.63) is 76.1 Å². The minimum atomic E-state index is -2.63. The number of carbonyl (C=O) groups excluding carboxylic acids is 3. The predicted octanol–water partition coefficient (Wildman–Crippen LogP) is 6.06. The fraction of sp³-hybridized carbons (Fsp3) is 0.400. The number of phenolic OH excluding ortho intramolecular Hbond substituents is 1. The molecule has 3 aliphatic carbocycles. The number of benzene rings is 2. The largest absolute Gasteiger partial charge is 0.508 e. The number of hydrogen-bond acceptors (Lipinski definition) is 7. The number of carbonyl (C=O) groups is 3. The number of rotatable bonds is 5. The summed E-state index contributed by atoms with van der Waals surface area (Å²) in [7, 11) is 0. The Morgan fingerprint density at radius 2 is 1.76 bits per heavy atom. The molecule has 220 valence electrons. The van der Waals surface area contributed by atoms with Gasteiger partial charge in [0.15, 0.2) is 17.2 Å². The fourth-order valence-electron chi connectivity index (χ4n) is 8.25. The molecule has 0 amide bonds. The van der Waals surface area contributed by atoms with Crippen molar-refractivity contribution in [1.82, 2.24) is 0 Å². The molecule has 0 spiro atoms. The second-order valence-electron chi connectivity index (χ2n) is 12.9. The van der Waals surface area contributed by atoms with Crippen LogP contribution in [0.2, 0.25) is 0 Å². The van der Waals surface area contributed by atoms with Crippen LogP contribution in [0.15, 0.2) is 53.8 Å². The van der Waals surface area contributed by atoms with Gasteiger partial charge in [-0.1, -0.05) is 65.5 Å². The number of aromatic hydroxyl groups is 1. The van der Waals surface area contributed by atoms with Crippen LogP contribution in [0.4, 0.5) is 0 Å². The number of phenols is 1. The standard InChI is InChI=1S/C35H38O7/c1-8-19-10-11-20(9-2)22(14-19)21-12-13-24(37)26-23(21)15-33(6)16-34(7)27(17(3)4)29(38)25(18(5)36)31(40)35(34,42)32(41)28(33)30(26)39/h8,10-14,17,27,37,39-40,42H,1,9,15-16H2,2-7H3/t27?,33-,34-,35+/m1/s1. The minimum Gasteiger partial charge on any atom is -0.508 e. The molecule has 0 aromatic heterocycles. The molecule has 7 nitrogen and oxygen atoms in total. The number of ketones is 3. The first kappa shape index (κ1) is 29.5. The highest BCUT2D eigenvalue weighted by Crippen LogP contribution is 2.65. The summed E-state index contributed by atoms with van der Waals surface area (Å²) in [6, 6.07) is 9.27. The quantitative estimate of drug-likeness (QED) is 0.321. The number of fused-ring (bicyclic) bond motifs is 3. The van der Waals surface area contributed by atoms with E-state index < -0.39 is 56.8 Å². The molecule has 1 saturated carbocycles. The van der Waals surface area contributed by atoms with Crippen LogP contribution in [0.3, 0.4) is 0 Å². The number of aryl methyl sites for hydroxylation is 1. The summed E-state index contributed by atoms with van der Waals surface area (Å²) in [5, 5.41) is 46.3. The van der Waals surface area contributed by atoms with Crippen molar-refractivity contribution < 1.29 is 34.8 Å². The van der Waals surface area contributed by atoms with Crippen LogP contribution in [0, 0.1) is 22.7 Å². The Labute approximate surface area is 245 Å². The molecule has 1 fully saturated rings. The van der Waals surface area contributed by atoms with Gasteiger partial charge in [0.2, 0.25) is 5.78 Å². The first-order chi connectivity index (χ1) is 19.6. The lowest BCUT2D eigenvalue weighted by Crippen LogP contribution is -2.69. The Balaban J connectivity index is 1.84. The van der Waals surface area contributed by atoms with Gasteiger partial charge >= 0.3 is 0 Å². The summed E-state index contributed by atoms with van der Waals surface area (Å²) in [4.78, 5) is 40.7. The Kier molecular flexibility index (Phi) is 6.70. The van der Waals surface area contributed by atoms with Gasteiger partial charge in [0.05, 0.1) is 5.56 Å². The third-order valence-corrected chi connectivity index (χ3v) is 9.93. The van der Waals surface area contributed by atoms with E-state index in [0.717, 1.165) is 35.6 Å². The molecule has 7 heteroatoms. The summed E-state index contributed by atoms with van der Waals surface area (Å²) in [6.45, 7) is 14.0. The van der Waals surface area contributed by atoms with E-state index in [1.54, 1.807) is 32.9 Å². The lowest BCUT2D eigenvalue weighted by atomic mass is 9.43. The van der Waals surface area contributed by atoms with Crippen molar-refractivity contribution in [2.75, 3.05) is 0 Å². The zero-order chi connectivity index (χ0) is 31.1. The maximum absolute atomic E-state index is 14.5. The van der Waals surface area contributed by atoms with Gasteiger partial charge in [-0.05, 0) is 72.1 Å². The van der Waals surface area contributed by atoms with Crippen molar-refractivity contribution in [2.45, 2.75) is 66.4 Å². The molecule has 1 unspecified atom stereocenters. The zero-order valence-electron chi connectivity index (χ0n) is 25.0. The van der Waals surface area contributed by atoms with Crippen molar-refractivity contribution in [3.63, 3.8) is 0 Å². The molecule has 0 aliphatic heterocycles. The van der Waals surface area contributed by atoms with E-state index in [4.69, 9.17) is 0 Å². The van der Waals surface area contributed by atoms with Crippen molar-refractivity contribution in [3.8, 4) is 16.9 Å². The molecule has 2 aromatic rings. The molecular weight excluding hydrogens is 532 g/mol. The third-order valence-electron chi connectivity index (χ3n) is 9.93. The number of allylic oxidation sites excluding steroid dienone is 1. The zero-order valence-corrected chi connectivity index (χ0v) is 25.0. The molecule has 4 atom stereocenters. The van der Waals surface area contributed by atoms with Gasteiger partial charge in [0.1, 0.15) is 22.8 Å². The van der Waals surface area contributed by atoms with Gasteiger partial charge in [-0.3, -0.25) is 14.4 Å². The van der Waals surface area contributed by atoms with E-state index in [1.165, 1.54) is 6.07 Å². The second kappa shape index (κ2) is 9.53. The van der Waals surface area contributed by atoms with Gasteiger partial charge in [-0.25, -0.2) is 0 Å². The number of hydrogen-bond donors (Lipinski definition) is 4. The average molecular weight is 571 g/mol. The maximum Gasteiger partial charge on any atom is 0.203 e. The lowest BCUT2D eigenvalue weighted by molar-refractivity contribution is -0.178. The topological polar surface area (TPSA) is 132 Å². The molecule has 0 heterocycles. The van der Waals surface area contributed by atoms with Crippen LogP contribution in [0.25, 0.3) is 23.0 Å². The normalized spacial score (nSPS) is 28.9. The Bertz CT molecular complexity index is 1660. The SMILES string of the molecule is C=Cc1ccc(CC)c(-c2ccc(O)c3c2C[C@]2(C)C[C@]4(C)C(C(C)C)C(=O)C(C(C)=O)=C(O)[C@]4(O)C(=O)C2=C3O)c1. The summed E-state index contributed by atoms with van der Waals surface area (Å²) >= 11 is 0.